The standard InChI is InChI=1S/C23H26FN3O3/c1-13(2)9-19-21(28)25-23(11-17(23)14-3-4-14)12-27(19)22(29)20-10-18(26-30-20)15-5-7-16(24)8-6-15/h5-8,10,13-14,17,19H,3-4,9,11-12H2,1-2H3,(H,25,28)/t17?,19-,23?/m0/s1. The van der Waals surface area contributed by atoms with Gasteiger partial charge in [-0.3, -0.25) is 9.59 Å². The van der Waals surface area contributed by atoms with Crippen LogP contribution in [0.25, 0.3) is 11.3 Å². The number of carbonyl (C=O) groups is 2. The SMILES string of the molecule is CC(C)C[C@H]1C(=O)NC2(CC2C2CC2)CN1C(=O)c1cc(-c2ccc(F)cc2)no1. The van der Waals surface area contributed by atoms with E-state index in [-0.39, 0.29) is 34.8 Å². The van der Waals surface area contributed by atoms with Crippen LogP contribution in [0.2, 0.25) is 0 Å². The molecule has 0 radical (unpaired) electrons. The van der Waals surface area contributed by atoms with Crippen LogP contribution in [0.3, 0.4) is 0 Å². The first-order valence-electron chi connectivity index (χ1n) is 10.7. The minimum Gasteiger partial charge on any atom is -0.350 e. The quantitative estimate of drug-likeness (QED) is 0.815. The predicted molar refractivity (Wildman–Crippen MR) is 108 cm³/mol. The van der Waals surface area contributed by atoms with E-state index in [4.69, 9.17) is 4.52 Å². The molecule has 3 aliphatic rings. The Balaban J connectivity index is 1.41. The van der Waals surface area contributed by atoms with E-state index in [2.05, 4.69) is 10.5 Å². The molecule has 6 nitrogen and oxygen atoms in total. The summed E-state index contributed by atoms with van der Waals surface area (Å²) < 4.78 is 18.6. The van der Waals surface area contributed by atoms with Crippen molar-refractivity contribution in [3.8, 4) is 11.3 Å². The van der Waals surface area contributed by atoms with E-state index >= 15 is 0 Å². The summed E-state index contributed by atoms with van der Waals surface area (Å²) in [4.78, 5) is 28.1. The Labute approximate surface area is 174 Å². The number of nitrogens with zero attached hydrogens (tertiary/aromatic N) is 2. The third kappa shape index (κ3) is 3.40. The van der Waals surface area contributed by atoms with Crippen molar-refractivity contribution in [1.29, 1.82) is 0 Å². The summed E-state index contributed by atoms with van der Waals surface area (Å²) in [5.74, 6) is 0.821. The van der Waals surface area contributed by atoms with Crippen molar-refractivity contribution in [3.63, 3.8) is 0 Å². The molecule has 1 aromatic carbocycles. The third-order valence-corrected chi connectivity index (χ3v) is 6.64. The van der Waals surface area contributed by atoms with Crippen LogP contribution in [0.4, 0.5) is 4.39 Å². The maximum Gasteiger partial charge on any atom is 0.293 e. The molecule has 2 saturated carbocycles. The molecule has 0 bridgehead atoms. The topological polar surface area (TPSA) is 75.4 Å². The summed E-state index contributed by atoms with van der Waals surface area (Å²) >= 11 is 0. The van der Waals surface area contributed by atoms with Gasteiger partial charge in [0.15, 0.2) is 0 Å². The van der Waals surface area contributed by atoms with E-state index in [1.165, 1.54) is 25.0 Å². The molecule has 3 fully saturated rings. The Morgan fingerprint density at radius 1 is 1.33 bits per heavy atom. The van der Waals surface area contributed by atoms with Crippen molar-refractivity contribution in [1.82, 2.24) is 15.4 Å². The van der Waals surface area contributed by atoms with E-state index in [0.29, 0.717) is 36.1 Å². The fraction of sp³-hybridized carbons (Fsp3) is 0.522. The first kappa shape index (κ1) is 19.3. The minimum atomic E-state index is -0.511. The number of amides is 2. The normalized spacial score (nSPS) is 28.1. The highest BCUT2D eigenvalue weighted by Gasteiger charge is 2.64. The summed E-state index contributed by atoms with van der Waals surface area (Å²) in [7, 11) is 0. The fourth-order valence-corrected chi connectivity index (χ4v) is 4.87. The number of benzene rings is 1. The van der Waals surface area contributed by atoms with Gasteiger partial charge in [0.1, 0.15) is 17.6 Å². The van der Waals surface area contributed by atoms with Crippen LogP contribution >= 0.6 is 0 Å². The molecule has 2 unspecified atom stereocenters. The second-order valence-electron chi connectivity index (χ2n) is 9.46. The average molecular weight is 411 g/mol. The lowest BCUT2D eigenvalue weighted by Crippen LogP contribution is -2.64. The van der Waals surface area contributed by atoms with E-state index < -0.39 is 6.04 Å². The zero-order valence-corrected chi connectivity index (χ0v) is 17.2. The fourth-order valence-electron chi connectivity index (χ4n) is 4.87. The number of nitrogens with one attached hydrogen (secondary N) is 1. The van der Waals surface area contributed by atoms with Gasteiger partial charge in [0, 0.05) is 18.2 Å². The van der Waals surface area contributed by atoms with Gasteiger partial charge >= 0.3 is 0 Å². The maximum absolute atomic E-state index is 13.4. The van der Waals surface area contributed by atoms with Crippen LogP contribution in [-0.2, 0) is 4.79 Å². The zero-order valence-electron chi connectivity index (χ0n) is 17.2. The minimum absolute atomic E-state index is 0.0651. The summed E-state index contributed by atoms with van der Waals surface area (Å²) in [5.41, 5.74) is 0.861. The Bertz CT molecular complexity index is 982. The van der Waals surface area contributed by atoms with Gasteiger partial charge in [0.2, 0.25) is 11.7 Å². The summed E-state index contributed by atoms with van der Waals surface area (Å²) in [5, 5.41) is 7.25. The van der Waals surface area contributed by atoms with Crippen LogP contribution in [0.15, 0.2) is 34.9 Å². The Hall–Kier alpha value is -2.70. The smallest absolute Gasteiger partial charge is 0.293 e. The molecule has 3 atom stereocenters. The molecule has 1 spiro atoms. The number of halogens is 1. The third-order valence-electron chi connectivity index (χ3n) is 6.64. The highest BCUT2D eigenvalue weighted by Crippen LogP contribution is 2.58. The predicted octanol–water partition coefficient (Wildman–Crippen LogP) is 3.64. The van der Waals surface area contributed by atoms with Crippen molar-refractivity contribution in [2.24, 2.45) is 17.8 Å². The van der Waals surface area contributed by atoms with Gasteiger partial charge in [-0.15, -0.1) is 0 Å². The summed E-state index contributed by atoms with van der Waals surface area (Å²) in [6, 6.07) is 6.94. The highest BCUT2D eigenvalue weighted by atomic mass is 19.1. The molecule has 1 saturated heterocycles. The molecular weight excluding hydrogens is 385 g/mol. The van der Waals surface area contributed by atoms with Crippen molar-refractivity contribution >= 4 is 11.8 Å². The molecule has 158 valence electrons. The largest absolute Gasteiger partial charge is 0.350 e. The monoisotopic (exact) mass is 411 g/mol. The van der Waals surface area contributed by atoms with E-state index in [0.717, 1.165) is 6.42 Å². The van der Waals surface area contributed by atoms with Crippen LogP contribution in [0, 0.1) is 23.6 Å². The van der Waals surface area contributed by atoms with Gasteiger partial charge in [0.05, 0.1) is 5.54 Å². The average Bonchev–Trinajstić information content (AvgIpc) is 3.61. The second kappa shape index (κ2) is 6.93. The molecule has 1 aromatic heterocycles. The summed E-state index contributed by atoms with van der Waals surface area (Å²) in [6.45, 7) is 4.61. The molecule has 2 amide bonds. The van der Waals surface area contributed by atoms with Crippen molar-refractivity contribution < 1.29 is 18.5 Å². The van der Waals surface area contributed by atoms with E-state index in [1.807, 2.05) is 13.8 Å². The van der Waals surface area contributed by atoms with Gasteiger partial charge in [0.25, 0.3) is 5.91 Å². The van der Waals surface area contributed by atoms with Crippen LogP contribution < -0.4 is 5.32 Å². The van der Waals surface area contributed by atoms with Crippen molar-refractivity contribution in [3.05, 3.63) is 41.9 Å². The Morgan fingerprint density at radius 3 is 2.73 bits per heavy atom. The van der Waals surface area contributed by atoms with Crippen LogP contribution in [-0.4, -0.2) is 40.0 Å². The summed E-state index contributed by atoms with van der Waals surface area (Å²) in [6.07, 6.45) is 3.98. The molecule has 2 heterocycles. The molecule has 1 N–H and O–H groups in total. The molecule has 2 aromatic rings. The first-order valence-corrected chi connectivity index (χ1v) is 10.7. The molecule has 7 heteroatoms. The number of rotatable bonds is 5. The van der Waals surface area contributed by atoms with Gasteiger partial charge < -0.3 is 14.7 Å². The number of hydrogen-bond acceptors (Lipinski definition) is 4. The Morgan fingerprint density at radius 2 is 2.07 bits per heavy atom. The lowest BCUT2D eigenvalue weighted by molar-refractivity contribution is -0.131. The molecule has 2 aliphatic carbocycles. The molecule has 30 heavy (non-hydrogen) atoms. The number of hydrogen-bond donors (Lipinski definition) is 1. The number of piperazine rings is 1. The van der Waals surface area contributed by atoms with Crippen molar-refractivity contribution in [2.75, 3.05) is 6.54 Å². The van der Waals surface area contributed by atoms with Gasteiger partial charge in [-0.25, -0.2) is 4.39 Å². The highest BCUT2D eigenvalue weighted by molar-refractivity contribution is 5.97. The molecule has 5 rings (SSSR count). The second-order valence-corrected chi connectivity index (χ2v) is 9.46. The lowest BCUT2D eigenvalue weighted by Gasteiger charge is -2.40. The number of carbonyl (C=O) groups excluding carboxylic acids is 2. The molecule has 1 aliphatic heterocycles. The van der Waals surface area contributed by atoms with Gasteiger partial charge in [-0.05, 0) is 67.7 Å². The van der Waals surface area contributed by atoms with Gasteiger partial charge in [-0.1, -0.05) is 19.0 Å². The van der Waals surface area contributed by atoms with E-state index in [1.54, 1.807) is 23.1 Å². The first-order chi connectivity index (χ1) is 14.4. The van der Waals surface area contributed by atoms with Crippen LogP contribution in [0.1, 0.15) is 50.1 Å². The Kier molecular flexibility index (Phi) is 4.45. The van der Waals surface area contributed by atoms with Crippen LogP contribution in [0.5, 0.6) is 0 Å². The van der Waals surface area contributed by atoms with Gasteiger partial charge in [-0.2, -0.15) is 0 Å². The number of aromatic nitrogens is 1. The maximum atomic E-state index is 13.4. The molecular formula is C23H26FN3O3. The lowest BCUT2D eigenvalue weighted by atomic mass is 9.95. The zero-order chi connectivity index (χ0) is 21.0. The van der Waals surface area contributed by atoms with E-state index in [9.17, 15) is 14.0 Å². The van der Waals surface area contributed by atoms with Crippen molar-refractivity contribution in [2.45, 2.75) is 51.1 Å².